The van der Waals surface area contributed by atoms with Crippen molar-refractivity contribution in [3.63, 3.8) is 0 Å². The molecular weight excluding hydrogens is 371 g/mol. The Morgan fingerprint density at radius 3 is 2.25 bits per heavy atom. The maximum atomic E-state index is 12.2. The topological polar surface area (TPSA) is 85.1 Å². The van der Waals surface area contributed by atoms with E-state index in [1.54, 1.807) is 0 Å². The second-order valence-corrected chi connectivity index (χ2v) is 6.02. The van der Waals surface area contributed by atoms with Crippen molar-refractivity contribution in [3.05, 3.63) is 66.0 Å². The summed E-state index contributed by atoms with van der Waals surface area (Å²) in [7, 11) is 0. The second kappa shape index (κ2) is 8.03. The van der Waals surface area contributed by atoms with Crippen LogP contribution in [-0.2, 0) is 6.54 Å². The van der Waals surface area contributed by atoms with Gasteiger partial charge in [-0.05, 0) is 36.8 Å². The Hall–Kier alpha value is -3.49. The Labute approximate surface area is 159 Å². The van der Waals surface area contributed by atoms with Crippen LogP contribution >= 0.6 is 0 Å². The van der Waals surface area contributed by atoms with Crippen molar-refractivity contribution < 1.29 is 17.9 Å². The van der Waals surface area contributed by atoms with Crippen LogP contribution in [0, 0.1) is 6.92 Å². The number of anilines is 4. The van der Waals surface area contributed by atoms with E-state index in [0.29, 0.717) is 29.6 Å². The van der Waals surface area contributed by atoms with Gasteiger partial charge in [0.15, 0.2) is 11.6 Å². The predicted molar refractivity (Wildman–Crippen MR) is 101 cm³/mol. The number of nitrogen functional groups attached to an aromatic ring is 1. The number of aryl methyl sites for hydroxylation is 1. The van der Waals surface area contributed by atoms with Crippen LogP contribution in [0.5, 0.6) is 5.75 Å². The van der Waals surface area contributed by atoms with Crippen molar-refractivity contribution in [2.75, 3.05) is 16.4 Å². The van der Waals surface area contributed by atoms with Crippen LogP contribution in [0.1, 0.15) is 11.1 Å². The van der Waals surface area contributed by atoms with Gasteiger partial charge in [0.1, 0.15) is 17.8 Å². The lowest BCUT2D eigenvalue weighted by Gasteiger charge is -2.13. The molecule has 0 saturated heterocycles. The van der Waals surface area contributed by atoms with Gasteiger partial charge >= 0.3 is 6.36 Å². The first-order valence-electron chi connectivity index (χ1n) is 8.33. The highest BCUT2D eigenvalue weighted by molar-refractivity contribution is 5.77. The summed E-state index contributed by atoms with van der Waals surface area (Å²) in [5, 5.41) is 6.10. The number of ether oxygens (including phenoxy) is 1. The van der Waals surface area contributed by atoms with Crippen molar-refractivity contribution in [2.45, 2.75) is 19.8 Å². The smallest absolute Gasteiger partial charge is 0.406 e. The van der Waals surface area contributed by atoms with E-state index in [-0.39, 0.29) is 5.75 Å². The largest absolute Gasteiger partial charge is 0.573 e. The Morgan fingerprint density at radius 2 is 1.61 bits per heavy atom. The summed E-state index contributed by atoms with van der Waals surface area (Å²) in [5.74, 6) is 0.482. The van der Waals surface area contributed by atoms with E-state index in [2.05, 4.69) is 25.3 Å². The molecule has 3 rings (SSSR count). The standard InChI is InChI=1S/C19H18F3N5O/c1-12-2-4-13(5-3-12)10-24-17-16(23)18(26-11-25-17)27-14-6-8-15(9-7-14)28-19(20,21)22/h2-9,11H,10,23H2,1H3,(H2,24,25,26,27). The van der Waals surface area contributed by atoms with E-state index in [4.69, 9.17) is 5.73 Å². The average Bonchev–Trinajstić information content (AvgIpc) is 2.64. The quantitative estimate of drug-likeness (QED) is 0.570. The molecule has 1 aromatic heterocycles. The van der Waals surface area contributed by atoms with Crippen molar-refractivity contribution in [1.82, 2.24) is 9.97 Å². The van der Waals surface area contributed by atoms with E-state index in [1.807, 2.05) is 31.2 Å². The number of halogens is 3. The van der Waals surface area contributed by atoms with Gasteiger partial charge in [0.05, 0.1) is 0 Å². The third kappa shape index (κ3) is 5.26. The van der Waals surface area contributed by atoms with Gasteiger partial charge in [0, 0.05) is 12.2 Å². The molecule has 146 valence electrons. The molecular formula is C19H18F3N5O. The minimum Gasteiger partial charge on any atom is -0.406 e. The van der Waals surface area contributed by atoms with Crippen LogP contribution in [0.3, 0.4) is 0 Å². The van der Waals surface area contributed by atoms with Gasteiger partial charge < -0.3 is 21.1 Å². The van der Waals surface area contributed by atoms with E-state index in [0.717, 1.165) is 5.56 Å². The molecule has 0 saturated carbocycles. The van der Waals surface area contributed by atoms with Crippen LogP contribution in [-0.4, -0.2) is 16.3 Å². The van der Waals surface area contributed by atoms with Gasteiger partial charge in [-0.2, -0.15) is 0 Å². The molecule has 0 spiro atoms. The second-order valence-electron chi connectivity index (χ2n) is 6.02. The highest BCUT2D eigenvalue weighted by Crippen LogP contribution is 2.28. The Morgan fingerprint density at radius 1 is 0.964 bits per heavy atom. The highest BCUT2D eigenvalue weighted by atomic mass is 19.4. The zero-order chi connectivity index (χ0) is 20.1. The van der Waals surface area contributed by atoms with Crippen LogP contribution < -0.4 is 21.1 Å². The minimum absolute atomic E-state index is 0.297. The molecule has 0 aliphatic carbocycles. The minimum atomic E-state index is -4.73. The van der Waals surface area contributed by atoms with Crippen LogP contribution in [0.15, 0.2) is 54.9 Å². The van der Waals surface area contributed by atoms with E-state index >= 15 is 0 Å². The molecule has 2 aromatic carbocycles. The van der Waals surface area contributed by atoms with E-state index in [9.17, 15) is 13.2 Å². The molecule has 0 fully saturated rings. The molecule has 0 aliphatic rings. The van der Waals surface area contributed by atoms with Gasteiger partial charge in [-0.15, -0.1) is 13.2 Å². The number of alkyl halides is 3. The lowest BCUT2D eigenvalue weighted by molar-refractivity contribution is -0.274. The SMILES string of the molecule is Cc1ccc(CNc2ncnc(Nc3ccc(OC(F)(F)F)cc3)c2N)cc1. The first-order valence-corrected chi connectivity index (χ1v) is 8.33. The first kappa shape index (κ1) is 19.3. The van der Waals surface area contributed by atoms with Gasteiger partial charge in [-0.25, -0.2) is 9.97 Å². The molecule has 4 N–H and O–H groups in total. The van der Waals surface area contributed by atoms with Crippen molar-refractivity contribution in [3.8, 4) is 5.75 Å². The summed E-state index contributed by atoms with van der Waals surface area (Å²) in [6.07, 6.45) is -3.39. The Kier molecular flexibility index (Phi) is 5.53. The van der Waals surface area contributed by atoms with Gasteiger partial charge in [0.25, 0.3) is 0 Å². The zero-order valence-electron chi connectivity index (χ0n) is 14.9. The average molecular weight is 389 g/mol. The summed E-state index contributed by atoms with van der Waals surface area (Å²) in [6, 6.07) is 13.3. The first-order chi connectivity index (χ1) is 13.3. The lowest BCUT2D eigenvalue weighted by atomic mass is 10.1. The maximum Gasteiger partial charge on any atom is 0.573 e. The molecule has 0 radical (unpaired) electrons. The number of benzene rings is 2. The fraction of sp³-hybridized carbons (Fsp3) is 0.158. The number of hydrogen-bond donors (Lipinski definition) is 3. The van der Waals surface area contributed by atoms with E-state index in [1.165, 1.54) is 36.2 Å². The third-order valence-electron chi connectivity index (χ3n) is 3.82. The van der Waals surface area contributed by atoms with Crippen LogP contribution in [0.2, 0.25) is 0 Å². The fourth-order valence-corrected chi connectivity index (χ4v) is 2.40. The monoisotopic (exact) mass is 389 g/mol. The number of nitrogens with one attached hydrogen (secondary N) is 2. The Bertz CT molecular complexity index is 928. The van der Waals surface area contributed by atoms with Crippen LogP contribution in [0.25, 0.3) is 0 Å². The molecule has 0 unspecified atom stereocenters. The normalized spacial score (nSPS) is 11.1. The number of hydrogen-bond acceptors (Lipinski definition) is 6. The summed E-state index contributed by atoms with van der Waals surface area (Å²) < 4.78 is 40.5. The van der Waals surface area contributed by atoms with Gasteiger partial charge in [0.2, 0.25) is 0 Å². The molecule has 6 nitrogen and oxygen atoms in total. The maximum absolute atomic E-state index is 12.2. The summed E-state index contributed by atoms with van der Waals surface area (Å²) in [4.78, 5) is 8.22. The summed E-state index contributed by atoms with van der Waals surface area (Å²) in [5.41, 5.74) is 9.15. The predicted octanol–water partition coefficient (Wildman–Crippen LogP) is 4.62. The number of nitrogens with zero attached hydrogens (tertiary/aromatic N) is 2. The number of rotatable bonds is 6. The number of aromatic nitrogens is 2. The summed E-state index contributed by atoms with van der Waals surface area (Å²) >= 11 is 0. The molecule has 0 bridgehead atoms. The fourth-order valence-electron chi connectivity index (χ4n) is 2.40. The zero-order valence-corrected chi connectivity index (χ0v) is 14.9. The molecule has 9 heteroatoms. The van der Waals surface area contributed by atoms with Crippen LogP contribution in [0.4, 0.5) is 36.2 Å². The van der Waals surface area contributed by atoms with Crippen molar-refractivity contribution >= 4 is 23.0 Å². The van der Waals surface area contributed by atoms with E-state index < -0.39 is 6.36 Å². The molecule has 1 heterocycles. The van der Waals surface area contributed by atoms with Crippen molar-refractivity contribution in [2.24, 2.45) is 0 Å². The molecule has 0 aliphatic heterocycles. The molecule has 3 aromatic rings. The third-order valence-corrected chi connectivity index (χ3v) is 3.82. The van der Waals surface area contributed by atoms with Gasteiger partial charge in [-0.1, -0.05) is 29.8 Å². The lowest BCUT2D eigenvalue weighted by Crippen LogP contribution is -2.17. The molecule has 28 heavy (non-hydrogen) atoms. The van der Waals surface area contributed by atoms with Gasteiger partial charge in [-0.3, -0.25) is 0 Å². The highest BCUT2D eigenvalue weighted by Gasteiger charge is 2.30. The Balaban J connectivity index is 1.67. The van der Waals surface area contributed by atoms with Crippen molar-refractivity contribution in [1.29, 1.82) is 0 Å². The molecule has 0 atom stereocenters. The summed E-state index contributed by atoms with van der Waals surface area (Å²) in [6.45, 7) is 2.55. The number of nitrogens with two attached hydrogens (primary N) is 1. The molecule has 0 amide bonds.